The molecule has 1 aromatic carbocycles. The molecule has 0 saturated heterocycles. The number of nitrogens with one attached hydrogen (secondary N) is 1. The molecule has 1 aliphatic rings. The van der Waals surface area contributed by atoms with Gasteiger partial charge in [-0.05, 0) is 43.0 Å². The molecule has 0 aromatic heterocycles. The fraction of sp³-hybridized carbons (Fsp3) is 0.667. The Balaban J connectivity index is 1.86. The third-order valence-corrected chi connectivity index (χ3v) is 4.47. The summed E-state index contributed by atoms with van der Waals surface area (Å²) in [6.45, 7) is 8.82. The van der Waals surface area contributed by atoms with Crippen LogP contribution in [0, 0.1) is 5.92 Å². The van der Waals surface area contributed by atoms with Crippen LogP contribution in [0.2, 0.25) is 0 Å². The number of unbranched alkanes of at least 4 members (excludes halogenated alkanes) is 1. The Hall–Kier alpha value is -1.02. The minimum absolute atomic E-state index is 0.427. The molecule has 2 unspecified atom stereocenters. The predicted molar refractivity (Wildman–Crippen MR) is 85.4 cm³/mol. The molecule has 0 aliphatic carbocycles. The Labute approximate surface area is 123 Å². The highest BCUT2D eigenvalue weighted by molar-refractivity contribution is 5.40. The summed E-state index contributed by atoms with van der Waals surface area (Å²) in [4.78, 5) is 0. The van der Waals surface area contributed by atoms with E-state index in [2.05, 4.69) is 44.3 Å². The summed E-state index contributed by atoms with van der Waals surface area (Å²) in [5.41, 5.74) is 2.76. The highest BCUT2D eigenvalue weighted by Crippen LogP contribution is 2.28. The van der Waals surface area contributed by atoms with Gasteiger partial charge < -0.3 is 10.1 Å². The van der Waals surface area contributed by atoms with E-state index >= 15 is 0 Å². The Morgan fingerprint density at radius 3 is 2.90 bits per heavy atom. The second-order valence-corrected chi connectivity index (χ2v) is 6.01. The highest BCUT2D eigenvalue weighted by atomic mass is 16.5. The van der Waals surface area contributed by atoms with Gasteiger partial charge in [0.15, 0.2) is 0 Å². The van der Waals surface area contributed by atoms with Gasteiger partial charge in [-0.1, -0.05) is 45.2 Å². The van der Waals surface area contributed by atoms with Gasteiger partial charge in [-0.2, -0.15) is 0 Å². The molecule has 112 valence electrons. The smallest absolute Gasteiger partial charge is 0.122 e. The molecule has 2 heteroatoms. The van der Waals surface area contributed by atoms with Crippen molar-refractivity contribution in [2.24, 2.45) is 5.92 Å². The number of benzene rings is 1. The van der Waals surface area contributed by atoms with E-state index in [1.54, 1.807) is 0 Å². The van der Waals surface area contributed by atoms with E-state index in [4.69, 9.17) is 4.74 Å². The van der Waals surface area contributed by atoms with Crippen molar-refractivity contribution in [2.75, 3.05) is 13.2 Å². The van der Waals surface area contributed by atoms with Crippen LogP contribution in [-0.2, 0) is 6.42 Å². The molecule has 0 radical (unpaired) electrons. The molecule has 2 nitrogen and oxygen atoms in total. The van der Waals surface area contributed by atoms with Crippen molar-refractivity contribution in [3.05, 3.63) is 29.3 Å². The monoisotopic (exact) mass is 275 g/mol. The summed E-state index contributed by atoms with van der Waals surface area (Å²) in [7, 11) is 0. The lowest BCUT2D eigenvalue weighted by molar-refractivity contribution is 0.356. The molecule has 20 heavy (non-hydrogen) atoms. The van der Waals surface area contributed by atoms with Crippen LogP contribution in [0.3, 0.4) is 0 Å². The van der Waals surface area contributed by atoms with Crippen LogP contribution in [0.25, 0.3) is 0 Å². The zero-order chi connectivity index (χ0) is 14.4. The van der Waals surface area contributed by atoms with Crippen LogP contribution >= 0.6 is 0 Å². The molecule has 0 fully saturated rings. The van der Waals surface area contributed by atoms with Gasteiger partial charge >= 0.3 is 0 Å². The predicted octanol–water partition coefficient (Wildman–Crippen LogP) is 4.49. The SMILES string of the molecule is CCCCC(CC)CNC(C)c1ccc2c(c1)CCO2. The number of hydrogen-bond donors (Lipinski definition) is 1. The fourth-order valence-corrected chi connectivity index (χ4v) is 2.88. The molecule has 2 rings (SSSR count). The first kappa shape index (κ1) is 15.4. The fourth-order valence-electron chi connectivity index (χ4n) is 2.88. The van der Waals surface area contributed by atoms with Crippen LogP contribution in [0.5, 0.6) is 5.75 Å². The molecular formula is C18H29NO. The third-order valence-electron chi connectivity index (χ3n) is 4.47. The van der Waals surface area contributed by atoms with Crippen molar-refractivity contribution in [2.45, 2.75) is 58.9 Å². The summed E-state index contributed by atoms with van der Waals surface area (Å²) in [5.74, 6) is 1.89. The van der Waals surface area contributed by atoms with Gasteiger partial charge in [-0.3, -0.25) is 0 Å². The molecule has 0 spiro atoms. The lowest BCUT2D eigenvalue weighted by Gasteiger charge is -2.20. The van der Waals surface area contributed by atoms with Crippen LogP contribution in [-0.4, -0.2) is 13.2 Å². The van der Waals surface area contributed by atoms with Crippen molar-refractivity contribution < 1.29 is 4.74 Å². The van der Waals surface area contributed by atoms with Crippen molar-refractivity contribution >= 4 is 0 Å². The zero-order valence-electron chi connectivity index (χ0n) is 13.2. The summed E-state index contributed by atoms with van der Waals surface area (Å²) >= 11 is 0. The van der Waals surface area contributed by atoms with Crippen LogP contribution in [0.4, 0.5) is 0 Å². The number of fused-ring (bicyclic) bond motifs is 1. The van der Waals surface area contributed by atoms with E-state index in [9.17, 15) is 0 Å². The van der Waals surface area contributed by atoms with E-state index < -0.39 is 0 Å². The molecule has 0 saturated carbocycles. The van der Waals surface area contributed by atoms with E-state index in [-0.39, 0.29) is 0 Å². The molecule has 0 bridgehead atoms. The number of ether oxygens (including phenoxy) is 1. The molecule has 2 atom stereocenters. The Bertz CT molecular complexity index is 416. The minimum Gasteiger partial charge on any atom is -0.493 e. The first-order valence-electron chi connectivity index (χ1n) is 8.23. The Kier molecular flexibility index (Phi) is 5.90. The minimum atomic E-state index is 0.427. The molecule has 1 heterocycles. The number of rotatable bonds is 8. The van der Waals surface area contributed by atoms with Crippen molar-refractivity contribution in [1.82, 2.24) is 5.32 Å². The van der Waals surface area contributed by atoms with Crippen molar-refractivity contribution in [3.8, 4) is 5.75 Å². The van der Waals surface area contributed by atoms with Crippen LogP contribution in [0.15, 0.2) is 18.2 Å². The second kappa shape index (κ2) is 7.68. The van der Waals surface area contributed by atoms with Gasteiger partial charge in [0, 0.05) is 12.5 Å². The Morgan fingerprint density at radius 1 is 1.30 bits per heavy atom. The third kappa shape index (κ3) is 3.99. The van der Waals surface area contributed by atoms with Gasteiger partial charge in [-0.25, -0.2) is 0 Å². The van der Waals surface area contributed by atoms with Gasteiger partial charge in [0.25, 0.3) is 0 Å². The van der Waals surface area contributed by atoms with E-state index in [0.29, 0.717) is 6.04 Å². The molecule has 1 aromatic rings. The van der Waals surface area contributed by atoms with Crippen LogP contribution < -0.4 is 10.1 Å². The first-order chi connectivity index (χ1) is 9.74. The van der Waals surface area contributed by atoms with Crippen molar-refractivity contribution in [1.29, 1.82) is 0 Å². The molecule has 0 amide bonds. The van der Waals surface area contributed by atoms with Gasteiger partial charge in [-0.15, -0.1) is 0 Å². The number of hydrogen-bond acceptors (Lipinski definition) is 2. The van der Waals surface area contributed by atoms with Gasteiger partial charge in [0.2, 0.25) is 0 Å². The quantitative estimate of drug-likeness (QED) is 0.755. The van der Waals surface area contributed by atoms with Gasteiger partial charge in [0.05, 0.1) is 6.61 Å². The maximum atomic E-state index is 5.57. The largest absolute Gasteiger partial charge is 0.493 e. The maximum absolute atomic E-state index is 5.57. The van der Waals surface area contributed by atoms with E-state index in [0.717, 1.165) is 31.2 Å². The van der Waals surface area contributed by atoms with E-state index in [1.807, 2.05) is 0 Å². The normalized spacial score (nSPS) is 16.6. The van der Waals surface area contributed by atoms with Crippen LogP contribution in [0.1, 0.15) is 63.6 Å². The first-order valence-corrected chi connectivity index (χ1v) is 8.23. The molecule has 1 N–H and O–H groups in total. The summed E-state index contributed by atoms with van der Waals surface area (Å²) < 4.78 is 5.57. The Morgan fingerprint density at radius 2 is 2.15 bits per heavy atom. The van der Waals surface area contributed by atoms with E-state index in [1.165, 1.54) is 36.8 Å². The zero-order valence-corrected chi connectivity index (χ0v) is 13.2. The summed E-state index contributed by atoms with van der Waals surface area (Å²) in [6, 6.07) is 7.07. The lowest BCUT2D eigenvalue weighted by atomic mass is 9.98. The van der Waals surface area contributed by atoms with Crippen molar-refractivity contribution in [3.63, 3.8) is 0 Å². The van der Waals surface area contributed by atoms with Gasteiger partial charge in [0.1, 0.15) is 5.75 Å². The summed E-state index contributed by atoms with van der Waals surface area (Å²) in [5, 5.41) is 3.71. The molecule has 1 aliphatic heterocycles. The standard InChI is InChI=1S/C18H29NO/c1-4-6-7-15(5-2)13-19-14(3)16-8-9-18-17(12-16)10-11-20-18/h8-9,12,14-15,19H,4-7,10-11,13H2,1-3H3. The topological polar surface area (TPSA) is 21.3 Å². The lowest BCUT2D eigenvalue weighted by Crippen LogP contribution is -2.25. The summed E-state index contributed by atoms with van der Waals surface area (Å²) in [6.07, 6.45) is 6.34. The highest BCUT2D eigenvalue weighted by Gasteiger charge is 2.15. The maximum Gasteiger partial charge on any atom is 0.122 e. The second-order valence-electron chi connectivity index (χ2n) is 6.01. The average molecular weight is 275 g/mol. The average Bonchev–Trinajstić information content (AvgIpc) is 2.94. The molecular weight excluding hydrogens is 246 g/mol.